The molecular weight excluding hydrogens is 262 g/mol. The molecule has 0 bridgehead atoms. The summed E-state index contributed by atoms with van der Waals surface area (Å²) in [5.41, 5.74) is 5.60. The highest BCUT2D eigenvalue weighted by Gasteiger charge is 2.05. The topological polar surface area (TPSA) is 89.9 Å². The van der Waals surface area contributed by atoms with Gasteiger partial charge in [0.15, 0.2) is 5.76 Å². The molecular formula is C8H8BrN5O. The number of hydrogen-bond donors (Lipinski definition) is 2. The van der Waals surface area contributed by atoms with Gasteiger partial charge < -0.3 is 15.6 Å². The monoisotopic (exact) mass is 269 g/mol. The number of hydrogen-bond acceptors (Lipinski definition) is 6. The molecule has 0 radical (unpaired) electrons. The Morgan fingerprint density at radius 3 is 3.07 bits per heavy atom. The Bertz CT molecular complexity index is 444. The van der Waals surface area contributed by atoms with Crippen molar-refractivity contribution in [1.82, 2.24) is 15.1 Å². The number of rotatable bonds is 3. The summed E-state index contributed by atoms with van der Waals surface area (Å²) in [6.45, 7) is 0.495. The molecule has 0 aliphatic carbocycles. The van der Waals surface area contributed by atoms with E-state index < -0.39 is 0 Å². The fraction of sp³-hybridized carbons (Fsp3) is 0.125. The number of nitrogen functional groups attached to an aromatic ring is 1. The van der Waals surface area contributed by atoms with Crippen LogP contribution in [0.15, 0.2) is 27.6 Å². The molecule has 2 heterocycles. The Hall–Kier alpha value is -1.63. The van der Waals surface area contributed by atoms with Crippen LogP contribution in [0.5, 0.6) is 0 Å². The Morgan fingerprint density at radius 1 is 1.47 bits per heavy atom. The van der Waals surface area contributed by atoms with Gasteiger partial charge in [-0.1, -0.05) is 5.16 Å². The maximum Gasteiger partial charge on any atom is 0.155 e. The highest BCUT2D eigenvalue weighted by Crippen LogP contribution is 2.24. The summed E-state index contributed by atoms with van der Waals surface area (Å²) in [4.78, 5) is 7.86. The van der Waals surface area contributed by atoms with Crippen LogP contribution in [0.3, 0.4) is 0 Å². The van der Waals surface area contributed by atoms with Crippen molar-refractivity contribution in [3.8, 4) is 0 Å². The molecule has 0 fully saturated rings. The SMILES string of the molecule is Nc1ncnc(NCc2ccno2)c1Br. The van der Waals surface area contributed by atoms with Crippen molar-refractivity contribution >= 4 is 27.6 Å². The van der Waals surface area contributed by atoms with E-state index in [2.05, 4.69) is 36.4 Å². The minimum atomic E-state index is 0.394. The van der Waals surface area contributed by atoms with Crippen molar-refractivity contribution in [2.45, 2.75) is 6.54 Å². The number of nitrogens with zero attached hydrogens (tertiary/aromatic N) is 3. The molecule has 2 aromatic rings. The molecule has 0 atom stereocenters. The largest absolute Gasteiger partial charge is 0.383 e. The van der Waals surface area contributed by atoms with E-state index >= 15 is 0 Å². The molecule has 6 nitrogen and oxygen atoms in total. The van der Waals surface area contributed by atoms with Gasteiger partial charge in [-0.25, -0.2) is 9.97 Å². The second-order valence-corrected chi connectivity index (χ2v) is 3.55. The summed E-state index contributed by atoms with van der Waals surface area (Å²) in [7, 11) is 0. The summed E-state index contributed by atoms with van der Waals surface area (Å²) in [6.07, 6.45) is 2.98. The van der Waals surface area contributed by atoms with Crippen LogP contribution in [0.4, 0.5) is 11.6 Å². The number of aromatic nitrogens is 3. The van der Waals surface area contributed by atoms with Crippen LogP contribution >= 0.6 is 15.9 Å². The summed E-state index contributed by atoms with van der Waals surface area (Å²) in [5.74, 6) is 1.74. The Labute approximate surface area is 94.0 Å². The van der Waals surface area contributed by atoms with Crippen molar-refractivity contribution in [1.29, 1.82) is 0 Å². The minimum absolute atomic E-state index is 0.394. The molecule has 78 valence electrons. The fourth-order valence-electron chi connectivity index (χ4n) is 1.01. The molecule has 3 N–H and O–H groups in total. The van der Waals surface area contributed by atoms with Crippen LogP contribution < -0.4 is 11.1 Å². The van der Waals surface area contributed by atoms with Gasteiger partial charge in [0.05, 0.1) is 12.7 Å². The normalized spacial score (nSPS) is 10.2. The molecule has 0 spiro atoms. The van der Waals surface area contributed by atoms with E-state index in [9.17, 15) is 0 Å². The van der Waals surface area contributed by atoms with Gasteiger partial charge in [0.2, 0.25) is 0 Å². The first-order valence-corrected chi connectivity index (χ1v) is 4.96. The van der Waals surface area contributed by atoms with Crippen molar-refractivity contribution in [3.05, 3.63) is 28.8 Å². The Kier molecular flexibility index (Phi) is 2.82. The zero-order valence-electron chi connectivity index (χ0n) is 7.64. The summed E-state index contributed by atoms with van der Waals surface area (Å²) >= 11 is 3.29. The van der Waals surface area contributed by atoms with Gasteiger partial charge in [0, 0.05) is 6.07 Å². The third-order valence-corrected chi connectivity index (χ3v) is 2.52. The molecule has 0 aliphatic rings. The molecule has 2 rings (SSSR count). The van der Waals surface area contributed by atoms with E-state index in [1.165, 1.54) is 6.33 Å². The highest BCUT2D eigenvalue weighted by molar-refractivity contribution is 9.10. The molecule has 0 aromatic carbocycles. The standard InChI is InChI=1S/C8H8BrN5O/c9-6-7(10)12-4-13-8(6)11-3-5-1-2-14-15-5/h1-2,4H,3H2,(H3,10,11,12,13). The number of anilines is 2. The quantitative estimate of drug-likeness (QED) is 0.876. The highest BCUT2D eigenvalue weighted by atomic mass is 79.9. The van der Waals surface area contributed by atoms with Gasteiger partial charge in [-0.2, -0.15) is 0 Å². The van der Waals surface area contributed by atoms with E-state index in [1.54, 1.807) is 12.3 Å². The lowest BCUT2D eigenvalue weighted by Crippen LogP contribution is -2.03. The molecule has 7 heteroatoms. The first-order chi connectivity index (χ1) is 7.27. The number of halogens is 1. The van der Waals surface area contributed by atoms with Gasteiger partial charge >= 0.3 is 0 Å². The van der Waals surface area contributed by atoms with E-state index in [4.69, 9.17) is 10.3 Å². The van der Waals surface area contributed by atoms with E-state index in [1.807, 2.05) is 0 Å². The second kappa shape index (κ2) is 4.26. The summed E-state index contributed by atoms with van der Waals surface area (Å²) < 4.78 is 5.57. The predicted molar refractivity (Wildman–Crippen MR) is 58.0 cm³/mol. The summed E-state index contributed by atoms with van der Waals surface area (Å²) in [6, 6.07) is 1.77. The molecule has 0 saturated carbocycles. The van der Waals surface area contributed by atoms with Crippen molar-refractivity contribution < 1.29 is 4.52 Å². The molecule has 2 aromatic heterocycles. The first kappa shape index (κ1) is 9.91. The van der Waals surface area contributed by atoms with Crippen molar-refractivity contribution in [2.24, 2.45) is 0 Å². The van der Waals surface area contributed by atoms with Crippen LogP contribution in [0.1, 0.15) is 5.76 Å². The molecule has 0 unspecified atom stereocenters. The van der Waals surface area contributed by atoms with Gasteiger partial charge in [-0.05, 0) is 15.9 Å². The number of nitrogens with one attached hydrogen (secondary N) is 1. The molecule has 0 saturated heterocycles. The molecule has 0 amide bonds. The van der Waals surface area contributed by atoms with Gasteiger partial charge in [-0.15, -0.1) is 0 Å². The molecule has 0 aliphatic heterocycles. The maximum atomic E-state index is 5.60. The van der Waals surface area contributed by atoms with E-state index in [-0.39, 0.29) is 0 Å². The van der Waals surface area contributed by atoms with Crippen LogP contribution in [0.25, 0.3) is 0 Å². The van der Waals surface area contributed by atoms with E-state index in [0.717, 1.165) is 5.76 Å². The van der Waals surface area contributed by atoms with Gasteiger partial charge in [0.1, 0.15) is 22.4 Å². The average molecular weight is 270 g/mol. The first-order valence-electron chi connectivity index (χ1n) is 4.17. The third kappa shape index (κ3) is 2.24. The van der Waals surface area contributed by atoms with Gasteiger partial charge in [0.25, 0.3) is 0 Å². The molecule has 15 heavy (non-hydrogen) atoms. The maximum absolute atomic E-state index is 5.60. The van der Waals surface area contributed by atoms with Crippen LogP contribution in [-0.4, -0.2) is 15.1 Å². The average Bonchev–Trinajstić information content (AvgIpc) is 2.73. The Morgan fingerprint density at radius 2 is 2.33 bits per heavy atom. The zero-order valence-corrected chi connectivity index (χ0v) is 9.23. The van der Waals surface area contributed by atoms with Gasteiger partial charge in [-0.3, -0.25) is 0 Å². The summed E-state index contributed by atoms with van der Waals surface area (Å²) in [5, 5.41) is 6.63. The van der Waals surface area contributed by atoms with Crippen LogP contribution in [0.2, 0.25) is 0 Å². The Balaban J connectivity index is 2.08. The van der Waals surface area contributed by atoms with Crippen molar-refractivity contribution in [3.63, 3.8) is 0 Å². The zero-order chi connectivity index (χ0) is 10.7. The lowest BCUT2D eigenvalue weighted by atomic mass is 10.4. The lowest BCUT2D eigenvalue weighted by Gasteiger charge is -2.05. The van der Waals surface area contributed by atoms with Crippen LogP contribution in [-0.2, 0) is 6.54 Å². The second-order valence-electron chi connectivity index (χ2n) is 2.75. The minimum Gasteiger partial charge on any atom is -0.383 e. The fourth-order valence-corrected chi connectivity index (χ4v) is 1.36. The van der Waals surface area contributed by atoms with E-state index in [0.29, 0.717) is 22.7 Å². The lowest BCUT2D eigenvalue weighted by molar-refractivity contribution is 0.388. The predicted octanol–water partition coefficient (Wildman–Crippen LogP) is 1.42. The van der Waals surface area contributed by atoms with Crippen LogP contribution in [0, 0.1) is 0 Å². The smallest absolute Gasteiger partial charge is 0.155 e. The van der Waals surface area contributed by atoms with Crippen molar-refractivity contribution in [2.75, 3.05) is 11.1 Å². The number of nitrogens with two attached hydrogens (primary N) is 1. The third-order valence-electron chi connectivity index (χ3n) is 1.74.